The molecule has 0 aliphatic carbocycles. The molecule has 0 saturated carbocycles. The van der Waals surface area contributed by atoms with Crippen molar-refractivity contribution in [2.45, 2.75) is 7.43 Å². The van der Waals surface area contributed by atoms with E-state index in [9.17, 15) is 4.57 Å². The zero-order valence-corrected chi connectivity index (χ0v) is 8.74. The molecular formula is C9H18N3O2P. The van der Waals surface area contributed by atoms with Gasteiger partial charge in [0.15, 0.2) is 5.96 Å². The van der Waals surface area contributed by atoms with Crippen LogP contribution in [-0.2, 0) is 4.57 Å². The number of hydrogen-bond acceptors (Lipinski definition) is 2. The highest BCUT2D eigenvalue weighted by molar-refractivity contribution is 7.65. The topological polar surface area (TPSA) is 113 Å². The van der Waals surface area contributed by atoms with E-state index >= 15 is 0 Å². The van der Waals surface area contributed by atoms with Crippen LogP contribution in [0.4, 0.5) is 0 Å². The van der Waals surface area contributed by atoms with E-state index in [0.29, 0.717) is 5.30 Å². The average molecular weight is 231 g/mol. The first-order chi connectivity index (χ1) is 6.34. The van der Waals surface area contributed by atoms with Gasteiger partial charge in [0.25, 0.3) is 0 Å². The van der Waals surface area contributed by atoms with Gasteiger partial charge in [0.05, 0.1) is 0 Å². The molecular weight excluding hydrogens is 213 g/mol. The van der Waals surface area contributed by atoms with Crippen LogP contribution >= 0.6 is 7.37 Å². The predicted octanol–water partition coefficient (Wildman–Crippen LogP) is 0.687. The number of rotatable bonds is 1. The fourth-order valence-corrected chi connectivity index (χ4v) is 1.43. The monoisotopic (exact) mass is 231 g/mol. The fourth-order valence-electron chi connectivity index (χ4n) is 0.705. The Morgan fingerprint density at radius 2 is 1.67 bits per heavy atom. The van der Waals surface area contributed by atoms with E-state index in [-0.39, 0.29) is 13.4 Å². The van der Waals surface area contributed by atoms with Crippen LogP contribution in [0.5, 0.6) is 0 Å². The van der Waals surface area contributed by atoms with Gasteiger partial charge in [0, 0.05) is 12.0 Å². The number of benzene rings is 1. The molecule has 5 nitrogen and oxygen atoms in total. The van der Waals surface area contributed by atoms with Crippen molar-refractivity contribution in [2.24, 2.45) is 11.5 Å². The van der Waals surface area contributed by atoms with Gasteiger partial charge in [0.1, 0.15) is 0 Å². The summed E-state index contributed by atoms with van der Waals surface area (Å²) in [7, 11) is -3.02. The molecule has 0 aliphatic heterocycles. The first-order valence-electron chi connectivity index (χ1n) is 3.79. The van der Waals surface area contributed by atoms with Crippen LogP contribution in [0.25, 0.3) is 0 Å². The minimum atomic E-state index is -3.02. The summed E-state index contributed by atoms with van der Waals surface area (Å²) < 4.78 is 11.0. The first kappa shape index (κ1) is 16.1. The summed E-state index contributed by atoms with van der Waals surface area (Å²) in [5, 5.41) is 6.56. The molecule has 1 rings (SSSR count). The van der Waals surface area contributed by atoms with Gasteiger partial charge in [-0.25, -0.2) is 0 Å². The van der Waals surface area contributed by atoms with Gasteiger partial charge >= 0.3 is 0 Å². The standard InChI is InChI=1S/C7H9O2P.CH5N3.CH4/c1-10(8,9)7-5-3-2-4-6-7;2-1(3)4;/h2-6H,1H3,(H,8,9);(H5,2,3,4);1H4. The van der Waals surface area contributed by atoms with Crippen molar-refractivity contribution in [1.82, 2.24) is 0 Å². The number of nitrogens with one attached hydrogen (secondary N) is 1. The van der Waals surface area contributed by atoms with E-state index in [4.69, 9.17) is 10.3 Å². The summed E-state index contributed by atoms with van der Waals surface area (Å²) in [5.41, 5.74) is 8.94. The number of hydrogen-bond donors (Lipinski definition) is 4. The summed E-state index contributed by atoms with van der Waals surface area (Å²) in [6.07, 6.45) is 0. The van der Waals surface area contributed by atoms with Crippen LogP contribution in [0.2, 0.25) is 0 Å². The van der Waals surface area contributed by atoms with E-state index in [1.807, 2.05) is 6.07 Å². The van der Waals surface area contributed by atoms with Crippen molar-refractivity contribution in [3.05, 3.63) is 30.3 Å². The van der Waals surface area contributed by atoms with Crippen LogP contribution < -0.4 is 16.8 Å². The molecule has 0 bridgehead atoms. The largest absolute Gasteiger partial charge is 0.370 e. The summed E-state index contributed by atoms with van der Waals surface area (Å²) in [6, 6.07) is 8.63. The van der Waals surface area contributed by atoms with E-state index in [1.54, 1.807) is 24.3 Å². The summed E-state index contributed by atoms with van der Waals surface area (Å²) in [6.45, 7) is 1.34. The lowest BCUT2D eigenvalue weighted by Crippen LogP contribution is -2.20. The minimum absolute atomic E-state index is 0. The molecule has 0 saturated heterocycles. The van der Waals surface area contributed by atoms with Gasteiger partial charge in [-0.3, -0.25) is 9.97 Å². The van der Waals surface area contributed by atoms with Crippen molar-refractivity contribution in [3.8, 4) is 0 Å². The Hall–Kier alpha value is -1.32. The Morgan fingerprint density at radius 3 is 1.87 bits per heavy atom. The summed E-state index contributed by atoms with van der Waals surface area (Å²) in [4.78, 5) is 9.04. The Bertz CT molecular complexity index is 330. The van der Waals surface area contributed by atoms with E-state index in [2.05, 4.69) is 11.5 Å². The molecule has 0 aliphatic rings. The Labute approximate surface area is 90.1 Å². The number of nitrogens with two attached hydrogens (primary N) is 2. The maximum Gasteiger partial charge on any atom is 0.226 e. The second kappa shape index (κ2) is 7.04. The fraction of sp³-hybridized carbons (Fsp3) is 0.222. The molecule has 0 spiro atoms. The molecule has 1 atom stereocenters. The third kappa shape index (κ3) is 9.00. The molecule has 0 amide bonds. The molecule has 0 aromatic heterocycles. The zero-order valence-electron chi connectivity index (χ0n) is 7.84. The Morgan fingerprint density at radius 1 is 1.33 bits per heavy atom. The molecule has 1 aromatic rings. The molecule has 0 fully saturated rings. The quantitative estimate of drug-likeness (QED) is 0.323. The van der Waals surface area contributed by atoms with E-state index in [1.165, 1.54) is 6.66 Å². The third-order valence-electron chi connectivity index (χ3n) is 1.24. The van der Waals surface area contributed by atoms with Crippen LogP contribution in [0.3, 0.4) is 0 Å². The molecule has 86 valence electrons. The molecule has 1 unspecified atom stereocenters. The smallest absolute Gasteiger partial charge is 0.226 e. The number of guanidine groups is 1. The van der Waals surface area contributed by atoms with Crippen LogP contribution in [-0.4, -0.2) is 17.5 Å². The van der Waals surface area contributed by atoms with E-state index < -0.39 is 7.37 Å². The molecule has 0 heterocycles. The van der Waals surface area contributed by atoms with Crippen LogP contribution in [0.15, 0.2) is 30.3 Å². The van der Waals surface area contributed by atoms with Gasteiger partial charge < -0.3 is 16.4 Å². The molecule has 15 heavy (non-hydrogen) atoms. The molecule has 6 N–H and O–H groups in total. The van der Waals surface area contributed by atoms with Crippen molar-refractivity contribution in [2.75, 3.05) is 6.66 Å². The third-order valence-corrected chi connectivity index (χ3v) is 2.49. The van der Waals surface area contributed by atoms with Gasteiger partial charge in [-0.1, -0.05) is 25.6 Å². The maximum absolute atomic E-state index is 11.0. The van der Waals surface area contributed by atoms with Gasteiger partial charge in [-0.05, 0) is 12.1 Å². The molecule has 6 heteroatoms. The molecule has 1 aromatic carbocycles. The van der Waals surface area contributed by atoms with Crippen LogP contribution in [0, 0.1) is 5.41 Å². The Balaban J connectivity index is 0. The highest BCUT2D eigenvalue weighted by Crippen LogP contribution is 2.33. The molecule has 0 radical (unpaired) electrons. The van der Waals surface area contributed by atoms with Crippen molar-refractivity contribution < 1.29 is 9.46 Å². The van der Waals surface area contributed by atoms with Crippen LogP contribution in [0.1, 0.15) is 7.43 Å². The second-order valence-corrected chi connectivity index (χ2v) is 4.94. The first-order valence-corrected chi connectivity index (χ1v) is 5.90. The predicted molar refractivity (Wildman–Crippen MR) is 64.7 cm³/mol. The Kier molecular flexibility index (Phi) is 7.56. The second-order valence-electron chi connectivity index (χ2n) is 2.67. The minimum Gasteiger partial charge on any atom is -0.370 e. The van der Waals surface area contributed by atoms with Gasteiger partial charge in [-0.15, -0.1) is 0 Å². The van der Waals surface area contributed by atoms with Gasteiger partial charge in [-0.2, -0.15) is 0 Å². The van der Waals surface area contributed by atoms with Crippen molar-refractivity contribution >= 4 is 18.6 Å². The van der Waals surface area contributed by atoms with Crippen molar-refractivity contribution in [1.29, 1.82) is 5.41 Å². The van der Waals surface area contributed by atoms with Gasteiger partial charge in [0.2, 0.25) is 7.37 Å². The normalized spacial score (nSPS) is 12.4. The lowest BCUT2D eigenvalue weighted by atomic mass is 10.4. The maximum atomic E-state index is 11.0. The van der Waals surface area contributed by atoms with E-state index in [0.717, 1.165) is 0 Å². The SMILES string of the molecule is C.CP(=O)(O)c1ccccc1.N=C(N)N. The lowest BCUT2D eigenvalue weighted by molar-refractivity contribution is 0.496. The highest BCUT2D eigenvalue weighted by Gasteiger charge is 2.10. The average Bonchev–Trinajstić information content (AvgIpc) is 2.03. The lowest BCUT2D eigenvalue weighted by Gasteiger charge is -2.02. The van der Waals surface area contributed by atoms with Crippen molar-refractivity contribution in [3.63, 3.8) is 0 Å². The summed E-state index contributed by atoms with van der Waals surface area (Å²) >= 11 is 0. The zero-order chi connectivity index (χ0) is 11.2. The summed E-state index contributed by atoms with van der Waals surface area (Å²) in [5.74, 6) is -0.333. The highest BCUT2D eigenvalue weighted by atomic mass is 31.2.